The Morgan fingerprint density at radius 3 is 3.19 bits per heavy atom. The van der Waals surface area contributed by atoms with Gasteiger partial charge < -0.3 is 10.1 Å². The van der Waals surface area contributed by atoms with Gasteiger partial charge in [0.15, 0.2) is 0 Å². The fourth-order valence-electron chi connectivity index (χ4n) is 3.62. The highest BCUT2D eigenvalue weighted by Gasteiger charge is 2.47. The summed E-state index contributed by atoms with van der Waals surface area (Å²) in [5.74, 6) is 0.530. The molecule has 1 atom stereocenters. The molecule has 4 rings (SSSR count). The molecular weight excluding hydrogens is 266 g/mol. The van der Waals surface area contributed by atoms with Crippen molar-refractivity contribution in [2.24, 2.45) is 11.3 Å². The lowest BCUT2D eigenvalue weighted by Gasteiger charge is -2.40. The Labute approximate surface area is 124 Å². The molecule has 0 spiro atoms. The monoisotopic (exact) mass is 287 g/mol. The zero-order valence-electron chi connectivity index (χ0n) is 12.2. The Morgan fingerprint density at radius 1 is 1.48 bits per heavy atom. The van der Waals surface area contributed by atoms with Crippen molar-refractivity contribution in [3.63, 3.8) is 0 Å². The molecule has 2 aliphatic carbocycles. The molecule has 2 fully saturated rings. The Kier molecular flexibility index (Phi) is 3.10. The van der Waals surface area contributed by atoms with E-state index in [0.717, 1.165) is 24.2 Å². The molecule has 1 saturated carbocycles. The second-order valence-electron chi connectivity index (χ2n) is 6.56. The first-order valence-corrected chi connectivity index (χ1v) is 7.89. The first kappa shape index (κ1) is 13.1. The van der Waals surface area contributed by atoms with Gasteiger partial charge >= 0.3 is 5.97 Å². The molecule has 0 aromatic carbocycles. The van der Waals surface area contributed by atoms with E-state index in [0.29, 0.717) is 25.5 Å². The van der Waals surface area contributed by atoms with Crippen LogP contribution < -0.4 is 5.32 Å². The SMILES string of the molecule is O=C(OCC1CCC1)C12CNCCC1=Cc1[nH]ncc1C2. The van der Waals surface area contributed by atoms with Gasteiger partial charge in [0, 0.05) is 6.54 Å². The van der Waals surface area contributed by atoms with Crippen molar-refractivity contribution in [2.45, 2.75) is 32.1 Å². The Bertz CT molecular complexity index is 588. The number of nitrogens with zero attached hydrogens (tertiary/aromatic N) is 1. The summed E-state index contributed by atoms with van der Waals surface area (Å²) in [6.07, 6.45) is 9.21. The van der Waals surface area contributed by atoms with Gasteiger partial charge in [-0.3, -0.25) is 9.89 Å². The molecule has 2 N–H and O–H groups in total. The topological polar surface area (TPSA) is 67.0 Å². The highest BCUT2D eigenvalue weighted by molar-refractivity contribution is 5.85. The molecule has 2 heterocycles. The number of rotatable bonds is 3. The molecule has 112 valence electrons. The summed E-state index contributed by atoms with van der Waals surface area (Å²) in [7, 11) is 0. The van der Waals surface area contributed by atoms with Gasteiger partial charge in [0.1, 0.15) is 5.41 Å². The van der Waals surface area contributed by atoms with Crippen molar-refractivity contribution in [3.05, 3.63) is 23.0 Å². The Morgan fingerprint density at radius 2 is 2.38 bits per heavy atom. The maximum Gasteiger partial charge on any atom is 0.317 e. The highest BCUT2D eigenvalue weighted by atomic mass is 16.5. The number of fused-ring (bicyclic) bond motifs is 2. The van der Waals surface area contributed by atoms with Gasteiger partial charge in [0.05, 0.1) is 18.5 Å². The maximum atomic E-state index is 12.8. The molecule has 1 saturated heterocycles. The van der Waals surface area contributed by atoms with E-state index >= 15 is 0 Å². The van der Waals surface area contributed by atoms with Crippen LogP contribution >= 0.6 is 0 Å². The zero-order valence-corrected chi connectivity index (χ0v) is 12.2. The van der Waals surface area contributed by atoms with Crippen molar-refractivity contribution in [2.75, 3.05) is 19.7 Å². The lowest BCUT2D eigenvalue weighted by atomic mass is 9.69. The average Bonchev–Trinajstić information content (AvgIpc) is 2.89. The van der Waals surface area contributed by atoms with Crippen LogP contribution in [0.15, 0.2) is 11.8 Å². The Balaban J connectivity index is 1.58. The van der Waals surface area contributed by atoms with E-state index < -0.39 is 5.41 Å². The van der Waals surface area contributed by atoms with Gasteiger partial charge in [0.25, 0.3) is 0 Å². The predicted octanol–water partition coefficient (Wildman–Crippen LogP) is 1.67. The molecule has 1 unspecified atom stereocenters. The third kappa shape index (κ3) is 2.11. The molecule has 1 aromatic heterocycles. The molecule has 21 heavy (non-hydrogen) atoms. The fourth-order valence-corrected chi connectivity index (χ4v) is 3.62. The molecule has 1 aromatic rings. The van der Waals surface area contributed by atoms with E-state index in [9.17, 15) is 4.79 Å². The van der Waals surface area contributed by atoms with E-state index in [2.05, 4.69) is 21.6 Å². The third-order valence-electron chi connectivity index (χ3n) is 5.24. The number of nitrogens with one attached hydrogen (secondary N) is 2. The number of H-pyrrole nitrogens is 1. The molecule has 3 aliphatic rings. The average molecular weight is 287 g/mol. The van der Waals surface area contributed by atoms with Crippen LogP contribution in [0.1, 0.15) is 36.9 Å². The first-order chi connectivity index (χ1) is 10.3. The Hall–Kier alpha value is -1.62. The summed E-state index contributed by atoms with van der Waals surface area (Å²) >= 11 is 0. The lowest BCUT2D eigenvalue weighted by molar-refractivity contribution is -0.156. The van der Waals surface area contributed by atoms with Crippen molar-refractivity contribution in [3.8, 4) is 0 Å². The molecule has 1 aliphatic heterocycles. The predicted molar refractivity (Wildman–Crippen MR) is 78.5 cm³/mol. The maximum absolute atomic E-state index is 12.8. The number of aromatic amines is 1. The first-order valence-electron chi connectivity index (χ1n) is 7.89. The van der Waals surface area contributed by atoms with Crippen LogP contribution in [-0.2, 0) is 16.0 Å². The molecule has 0 radical (unpaired) electrons. The van der Waals surface area contributed by atoms with E-state index in [4.69, 9.17) is 4.74 Å². The molecule has 5 nitrogen and oxygen atoms in total. The van der Waals surface area contributed by atoms with Crippen LogP contribution in [-0.4, -0.2) is 35.9 Å². The van der Waals surface area contributed by atoms with Gasteiger partial charge in [-0.15, -0.1) is 0 Å². The minimum atomic E-state index is -0.515. The summed E-state index contributed by atoms with van der Waals surface area (Å²) in [6.45, 7) is 2.19. The number of carbonyl (C=O) groups is 1. The number of ether oxygens (including phenoxy) is 1. The van der Waals surface area contributed by atoms with E-state index in [1.165, 1.54) is 24.8 Å². The van der Waals surface area contributed by atoms with Crippen LogP contribution in [0.25, 0.3) is 6.08 Å². The van der Waals surface area contributed by atoms with Gasteiger partial charge in [0.2, 0.25) is 0 Å². The molecular formula is C16H21N3O2. The minimum Gasteiger partial charge on any atom is -0.465 e. The summed E-state index contributed by atoms with van der Waals surface area (Å²) in [5, 5.41) is 10.5. The fraction of sp³-hybridized carbons (Fsp3) is 0.625. The summed E-state index contributed by atoms with van der Waals surface area (Å²) in [4.78, 5) is 12.8. The lowest BCUT2D eigenvalue weighted by Crippen LogP contribution is -2.50. The highest BCUT2D eigenvalue weighted by Crippen LogP contribution is 2.42. The normalized spacial score (nSPS) is 28.1. The number of carbonyl (C=O) groups excluding carboxylic acids is 1. The molecule has 0 amide bonds. The van der Waals surface area contributed by atoms with E-state index in [-0.39, 0.29) is 5.97 Å². The van der Waals surface area contributed by atoms with Crippen molar-refractivity contribution < 1.29 is 9.53 Å². The van der Waals surface area contributed by atoms with Crippen molar-refractivity contribution in [1.29, 1.82) is 0 Å². The second kappa shape index (κ2) is 4.98. The van der Waals surface area contributed by atoms with Gasteiger partial charge in [-0.2, -0.15) is 5.10 Å². The van der Waals surface area contributed by atoms with E-state index in [1.807, 2.05) is 6.20 Å². The number of hydrogen-bond donors (Lipinski definition) is 2. The van der Waals surface area contributed by atoms with Crippen LogP contribution in [0.3, 0.4) is 0 Å². The zero-order chi connectivity index (χ0) is 14.3. The number of esters is 1. The number of piperidine rings is 1. The van der Waals surface area contributed by atoms with Gasteiger partial charge in [-0.1, -0.05) is 6.42 Å². The van der Waals surface area contributed by atoms with Crippen molar-refractivity contribution >= 4 is 12.0 Å². The third-order valence-corrected chi connectivity index (χ3v) is 5.24. The summed E-state index contributed by atoms with van der Waals surface area (Å²) in [5.41, 5.74) is 2.84. The van der Waals surface area contributed by atoms with Crippen LogP contribution in [0, 0.1) is 11.3 Å². The molecule has 5 heteroatoms. The van der Waals surface area contributed by atoms with Crippen molar-refractivity contribution in [1.82, 2.24) is 15.5 Å². The second-order valence-corrected chi connectivity index (χ2v) is 6.56. The smallest absolute Gasteiger partial charge is 0.317 e. The number of hydrogen-bond acceptors (Lipinski definition) is 4. The quantitative estimate of drug-likeness (QED) is 0.830. The van der Waals surface area contributed by atoms with Crippen LogP contribution in [0.5, 0.6) is 0 Å². The van der Waals surface area contributed by atoms with Gasteiger partial charge in [-0.25, -0.2) is 0 Å². The van der Waals surface area contributed by atoms with Crippen LogP contribution in [0.4, 0.5) is 0 Å². The van der Waals surface area contributed by atoms with Crippen LogP contribution in [0.2, 0.25) is 0 Å². The standard InChI is InChI=1S/C16H21N3O2/c20-15(21-9-11-2-1-3-11)16-7-12-8-18-19-14(12)6-13(16)4-5-17-10-16/h6,8,11,17H,1-5,7,9-10H2,(H,18,19). The molecule has 0 bridgehead atoms. The summed E-state index contributed by atoms with van der Waals surface area (Å²) < 4.78 is 5.69. The largest absolute Gasteiger partial charge is 0.465 e. The summed E-state index contributed by atoms with van der Waals surface area (Å²) in [6, 6.07) is 0. The number of aromatic nitrogens is 2. The van der Waals surface area contributed by atoms with E-state index in [1.54, 1.807) is 0 Å². The minimum absolute atomic E-state index is 0.0558. The van der Waals surface area contributed by atoms with Gasteiger partial charge in [-0.05, 0) is 55.4 Å².